The van der Waals surface area contributed by atoms with Crippen molar-refractivity contribution in [3.63, 3.8) is 0 Å². The Kier molecular flexibility index (Phi) is 6.49. The summed E-state index contributed by atoms with van der Waals surface area (Å²) in [6, 6.07) is 5.60. The molecule has 0 saturated carbocycles. The largest absolute Gasteiger partial charge is 0.573 e. The van der Waals surface area contributed by atoms with Gasteiger partial charge in [-0.3, -0.25) is 4.57 Å². The molecule has 34 heavy (non-hydrogen) atoms. The first-order valence-electron chi connectivity index (χ1n) is 10.1. The lowest BCUT2D eigenvalue weighted by molar-refractivity contribution is -0.389. The summed E-state index contributed by atoms with van der Waals surface area (Å²) in [5, 5.41) is 10.8. The summed E-state index contributed by atoms with van der Waals surface area (Å²) in [6.45, 7) is 3.08. The van der Waals surface area contributed by atoms with Crippen LogP contribution in [0.3, 0.4) is 0 Å². The van der Waals surface area contributed by atoms with Crippen LogP contribution < -0.4 is 14.4 Å². The molecule has 1 atom stereocenters. The fraction of sp³-hybridized carbons (Fsp3) is 0.350. The SMILES string of the molecule is CCN(c1ccc(OC(F)(F)F)cc1)c1ncc(CO[C@@H]2COc3nc([N+](=O)[O-])cn3C2)cn1. The van der Waals surface area contributed by atoms with Gasteiger partial charge in [-0.15, -0.1) is 13.2 Å². The number of nitrogens with zero attached hydrogens (tertiary/aromatic N) is 6. The molecule has 0 saturated heterocycles. The van der Waals surface area contributed by atoms with E-state index >= 15 is 0 Å². The third-order valence-electron chi connectivity index (χ3n) is 4.83. The second-order valence-electron chi connectivity index (χ2n) is 7.21. The molecule has 11 nitrogen and oxygen atoms in total. The summed E-state index contributed by atoms with van der Waals surface area (Å²) in [5.74, 6) is -0.237. The van der Waals surface area contributed by atoms with Gasteiger partial charge in [0, 0.05) is 35.2 Å². The minimum absolute atomic E-state index is 0.178. The van der Waals surface area contributed by atoms with Gasteiger partial charge in [-0.2, -0.15) is 0 Å². The summed E-state index contributed by atoms with van der Waals surface area (Å²) in [7, 11) is 0. The molecule has 0 fully saturated rings. The van der Waals surface area contributed by atoms with E-state index in [9.17, 15) is 23.3 Å². The van der Waals surface area contributed by atoms with Crippen molar-refractivity contribution in [3.05, 3.63) is 58.5 Å². The summed E-state index contributed by atoms with van der Waals surface area (Å²) < 4.78 is 53.7. The summed E-state index contributed by atoms with van der Waals surface area (Å²) in [5.41, 5.74) is 1.29. The van der Waals surface area contributed by atoms with Gasteiger partial charge in [-0.05, 0) is 36.1 Å². The Labute approximate surface area is 190 Å². The Morgan fingerprint density at radius 1 is 1.26 bits per heavy atom. The fourth-order valence-electron chi connectivity index (χ4n) is 3.30. The number of anilines is 2. The molecule has 1 aliphatic heterocycles. The number of ether oxygens (including phenoxy) is 3. The average Bonchev–Trinajstić information content (AvgIpc) is 3.23. The lowest BCUT2D eigenvalue weighted by Gasteiger charge is -2.23. The van der Waals surface area contributed by atoms with Crippen LogP contribution in [0.2, 0.25) is 0 Å². The van der Waals surface area contributed by atoms with Crippen LogP contribution in [0.4, 0.5) is 30.6 Å². The maximum absolute atomic E-state index is 12.3. The highest BCUT2D eigenvalue weighted by molar-refractivity contribution is 5.58. The Morgan fingerprint density at radius 3 is 2.59 bits per heavy atom. The van der Waals surface area contributed by atoms with Gasteiger partial charge in [0.1, 0.15) is 24.7 Å². The van der Waals surface area contributed by atoms with Gasteiger partial charge in [0.25, 0.3) is 0 Å². The van der Waals surface area contributed by atoms with E-state index in [1.807, 2.05) is 6.92 Å². The Hall–Kier alpha value is -3.94. The number of benzene rings is 1. The second kappa shape index (κ2) is 9.51. The first kappa shape index (κ1) is 23.2. The predicted molar refractivity (Wildman–Crippen MR) is 111 cm³/mol. The molecule has 1 aromatic carbocycles. The molecule has 0 radical (unpaired) electrons. The van der Waals surface area contributed by atoms with Crippen molar-refractivity contribution in [2.45, 2.75) is 32.5 Å². The molecule has 0 N–H and O–H groups in total. The van der Waals surface area contributed by atoms with Crippen molar-refractivity contribution in [1.82, 2.24) is 19.5 Å². The smallest absolute Gasteiger partial charge is 0.443 e. The molecular formula is C20H19F3N6O5. The van der Waals surface area contributed by atoms with Crippen LogP contribution in [-0.4, -0.2) is 50.1 Å². The summed E-state index contributed by atoms with van der Waals surface area (Å²) >= 11 is 0. The van der Waals surface area contributed by atoms with E-state index in [1.165, 1.54) is 35.0 Å². The normalized spacial score (nSPS) is 15.4. The van der Waals surface area contributed by atoms with E-state index in [0.29, 0.717) is 30.3 Å². The lowest BCUT2D eigenvalue weighted by atomic mass is 10.2. The highest BCUT2D eigenvalue weighted by Gasteiger charge is 2.31. The van der Waals surface area contributed by atoms with Crippen molar-refractivity contribution in [1.29, 1.82) is 0 Å². The van der Waals surface area contributed by atoms with Crippen molar-refractivity contribution >= 4 is 17.5 Å². The molecule has 0 amide bonds. The minimum atomic E-state index is -4.75. The van der Waals surface area contributed by atoms with Gasteiger partial charge in [0.2, 0.25) is 5.95 Å². The van der Waals surface area contributed by atoms with Gasteiger partial charge in [-0.25, -0.2) is 9.97 Å². The average molecular weight is 480 g/mol. The molecular weight excluding hydrogens is 461 g/mol. The van der Waals surface area contributed by atoms with E-state index in [1.54, 1.807) is 17.3 Å². The lowest BCUT2D eigenvalue weighted by Crippen LogP contribution is -2.32. The molecule has 2 aromatic heterocycles. The minimum Gasteiger partial charge on any atom is -0.443 e. The zero-order valence-corrected chi connectivity index (χ0v) is 17.8. The summed E-state index contributed by atoms with van der Waals surface area (Å²) in [6.07, 6.45) is -0.628. The number of rotatable bonds is 8. The number of nitro groups is 1. The van der Waals surface area contributed by atoms with Gasteiger partial charge >= 0.3 is 18.2 Å². The number of hydrogen-bond acceptors (Lipinski definition) is 9. The van der Waals surface area contributed by atoms with Crippen LogP contribution >= 0.6 is 0 Å². The zero-order chi connectivity index (χ0) is 24.3. The molecule has 0 unspecified atom stereocenters. The van der Waals surface area contributed by atoms with Crippen molar-refractivity contribution in [2.24, 2.45) is 0 Å². The van der Waals surface area contributed by atoms with Crippen molar-refractivity contribution < 1.29 is 32.3 Å². The standard InChI is InChI=1S/C20H19F3N6O5/c1-2-28(14-3-5-15(6-4-14)34-20(21,22)23)18-24-7-13(8-25-18)11-32-16-9-27-10-17(29(30)31)26-19(27)33-12-16/h3-8,10,16H,2,9,11-12H2,1H3/t16-/m0/s1. The Morgan fingerprint density at radius 2 is 1.97 bits per heavy atom. The van der Waals surface area contributed by atoms with Gasteiger partial charge in [-0.1, -0.05) is 0 Å². The number of fused-ring (bicyclic) bond motifs is 1. The third kappa shape index (κ3) is 5.51. The highest BCUT2D eigenvalue weighted by Crippen LogP contribution is 2.28. The molecule has 1 aliphatic rings. The van der Waals surface area contributed by atoms with E-state index < -0.39 is 11.3 Å². The van der Waals surface area contributed by atoms with E-state index in [2.05, 4.69) is 19.7 Å². The topological polar surface area (TPSA) is 118 Å². The quantitative estimate of drug-likeness (QED) is 0.352. The van der Waals surface area contributed by atoms with Gasteiger partial charge in [0.15, 0.2) is 0 Å². The van der Waals surface area contributed by atoms with E-state index in [0.717, 1.165) is 0 Å². The highest BCUT2D eigenvalue weighted by atomic mass is 19.4. The van der Waals surface area contributed by atoms with E-state index in [-0.39, 0.29) is 36.9 Å². The molecule has 0 aliphatic carbocycles. The number of hydrogen-bond donors (Lipinski definition) is 0. The first-order chi connectivity index (χ1) is 16.2. The van der Waals surface area contributed by atoms with Crippen LogP contribution in [0.25, 0.3) is 0 Å². The van der Waals surface area contributed by atoms with Crippen LogP contribution in [-0.2, 0) is 17.9 Å². The second-order valence-corrected chi connectivity index (χ2v) is 7.21. The zero-order valence-electron chi connectivity index (χ0n) is 17.8. The monoisotopic (exact) mass is 480 g/mol. The van der Waals surface area contributed by atoms with Crippen LogP contribution in [0.15, 0.2) is 42.9 Å². The van der Waals surface area contributed by atoms with E-state index in [4.69, 9.17) is 9.47 Å². The van der Waals surface area contributed by atoms with Crippen molar-refractivity contribution in [2.75, 3.05) is 18.1 Å². The maximum Gasteiger partial charge on any atom is 0.573 e. The Bertz CT molecular complexity index is 1140. The molecule has 0 spiro atoms. The Balaban J connectivity index is 1.35. The van der Waals surface area contributed by atoms with Gasteiger partial charge < -0.3 is 29.2 Å². The van der Waals surface area contributed by atoms with Crippen LogP contribution in [0.5, 0.6) is 11.8 Å². The maximum atomic E-state index is 12.3. The third-order valence-corrected chi connectivity index (χ3v) is 4.83. The molecule has 4 rings (SSSR count). The molecule has 0 bridgehead atoms. The van der Waals surface area contributed by atoms with Gasteiger partial charge in [0.05, 0.1) is 13.2 Å². The van der Waals surface area contributed by atoms with Crippen LogP contribution in [0.1, 0.15) is 12.5 Å². The molecule has 180 valence electrons. The van der Waals surface area contributed by atoms with Crippen molar-refractivity contribution in [3.8, 4) is 11.8 Å². The predicted octanol–water partition coefficient (Wildman–Crippen LogP) is 3.62. The fourth-order valence-corrected chi connectivity index (χ4v) is 3.30. The van der Waals surface area contributed by atoms with Crippen LogP contribution in [0, 0.1) is 10.1 Å². The number of aromatic nitrogens is 4. The molecule has 3 aromatic rings. The molecule has 3 heterocycles. The summed E-state index contributed by atoms with van der Waals surface area (Å²) in [4.78, 5) is 24.4. The number of halogens is 3. The molecule has 14 heteroatoms. The number of alkyl halides is 3. The first-order valence-corrected chi connectivity index (χ1v) is 10.1. The number of imidazole rings is 1.